The fraction of sp³-hybridized carbons (Fsp3) is 0.607. The molecule has 0 fully saturated rings. The van der Waals surface area contributed by atoms with E-state index in [1.807, 2.05) is 42.5 Å². The van der Waals surface area contributed by atoms with Crippen LogP contribution in [0.3, 0.4) is 0 Å². The van der Waals surface area contributed by atoms with E-state index in [1.165, 1.54) is 0 Å². The molecule has 0 aliphatic carbocycles. The fourth-order valence-corrected chi connectivity index (χ4v) is 4.81. The van der Waals surface area contributed by atoms with Crippen LogP contribution in [0, 0.1) is 0 Å². The van der Waals surface area contributed by atoms with Gasteiger partial charge in [0.15, 0.2) is 8.32 Å². The molecule has 1 heterocycles. The van der Waals surface area contributed by atoms with Gasteiger partial charge >= 0.3 is 5.97 Å². The smallest absolute Gasteiger partial charge is 0.306 e. The van der Waals surface area contributed by atoms with Crippen molar-refractivity contribution in [3.63, 3.8) is 0 Å². The number of carboxylic acids is 1. The molecule has 1 N–H and O–H groups in total. The number of carboxylic acid groups (broad SMARTS) is 1. The van der Waals surface area contributed by atoms with Crippen LogP contribution < -0.4 is 4.74 Å². The van der Waals surface area contributed by atoms with E-state index in [2.05, 4.69) is 46.9 Å². The van der Waals surface area contributed by atoms with Gasteiger partial charge in [-0.25, -0.2) is 0 Å². The minimum absolute atomic E-state index is 0.0425. The molecule has 0 saturated heterocycles. The topological polar surface area (TPSA) is 74.2 Å². The third kappa shape index (κ3) is 9.92. The first-order chi connectivity index (χ1) is 16.4. The number of carbonyl (C=O) groups is 1. The first kappa shape index (κ1) is 29.3. The molecule has 0 saturated carbocycles. The van der Waals surface area contributed by atoms with Gasteiger partial charge < -0.3 is 23.7 Å². The van der Waals surface area contributed by atoms with Crippen LogP contribution in [0.1, 0.15) is 58.9 Å². The lowest BCUT2D eigenvalue weighted by molar-refractivity contribution is -0.143. The summed E-state index contributed by atoms with van der Waals surface area (Å²) in [7, 11) is -0.386. The lowest BCUT2D eigenvalue weighted by atomic mass is 10.0. The lowest BCUT2D eigenvalue weighted by Crippen LogP contribution is -2.49. The quantitative estimate of drug-likeness (QED) is 0.187. The third-order valence-corrected chi connectivity index (χ3v) is 11.3. The molecule has 1 aliphatic rings. The highest BCUT2D eigenvalue weighted by atomic mass is 28.4. The summed E-state index contributed by atoms with van der Waals surface area (Å²) in [4.78, 5) is 11.4. The van der Waals surface area contributed by atoms with Crippen LogP contribution in [0.2, 0.25) is 18.1 Å². The monoisotopic (exact) mass is 504 g/mol. The Hall–Kier alpha value is -1.93. The van der Waals surface area contributed by atoms with Crippen molar-refractivity contribution in [1.29, 1.82) is 0 Å². The molecule has 0 amide bonds. The van der Waals surface area contributed by atoms with Gasteiger partial charge in [0, 0.05) is 0 Å². The molecule has 1 aromatic rings. The van der Waals surface area contributed by atoms with Gasteiger partial charge in [-0.3, -0.25) is 4.79 Å². The fourth-order valence-electron chi connectivity index (χ4n) is 3.54. The van der Waals surface area contributed by atoms with E-state index in [-0.39, 0.29) is 29.8 Å². The zero-order valence-corrected chi connectivity index (χ0v) is 23.5. The van der Waals surface area contributed by atoms with Crippen LogP contribution in [0.15, 0.2) is 48.6 Å². The summed E-state index contributed by atoms with van der Waals surface area (Å²) in [5.41, 5.74) is 1.13. The molecule has 2 rings (SSSR count). The van der Waals surface area contributed by atoms with Gasteiger partial charge in [0.05, 0.1) is 44.6 Å². The number of hydrogen-bond acceptors (Lipinski definition) is 5. The van der Waals surface area contributed by atoms with Crippen molar-refractivity contribution in [3.05, 3.63) is 54.1 Å². The van der Waals surface area contributed by atoms with E-state index in [0.29, 0.717) is 6.61 Å². The Morgan fingerprint density at radius 1 is 1.20 bits per heavy atom. The highest BCUT2D eigenvalue weighted by Gasteiger charge is 2.41. The van der Waals surface area contributed by atoms with E-state index in [0.717, 1.165) is 30.6 Å². The van der Waals surface area contributed by atoms with E-state index < -0.39 is 20.4 Å². The minimum atomic E-state index is -2.05. The predicted octanol–water partition coefficient (Wildman–Crippen LogP) is 6.52. The molecular weight excluding hydrogens is 460 g/mol. The van der Waals surface area contributed by atoms with Gasteiger partial charge in [-0.05, 0) is 62.0 Å². The molecule has 196 valence electrons. The Kier molecular flexibility index (Phi) is 11.2. The highest BCUT2D eigenvalue weighted by molar-refractivity contribution is 6.74. The molecule has 35 heavy (non-hydrogen) atoms. The van der Waals surface area contributed by atoms with Crippen LogP contribution in [0.5, 0.6) is 5.75 Å². The molecule has 0 bridgehead atoms. The first-order valence-electron chi connectivity index (χ1n) is 12.6. The highest BCUT2D eigenvalue weighted by Crippen LogP contribution is 2.38. The Bertz CT molecular complexity index is 840. The second-order valence-electron chi connectivity index (χ2n) is 10.8. The van der Waals surface area contributed by atoms with Gasteiger partial charge in [0.2, 0.25) is 0 Å². The molecule has 0 radical (unpaired) electrons. The van der Waals surface area contributed by atoms with Crippen molar-refractivity contribution in [2.45, 2.75) is 103 Å². The second kappa shape index (κ2) is 13.4. The molecule has 1 aromatic carbocycles. The number of ether oxygens (including phenoxy) is 3. The second-order valence-corrected chi connectivity index (χ2v) is 15.5. The largest absolute Gasteiger partial charge is 0.497 e. The summed E-state index contributed by atoms with van der Waals surface area (Å²) in [6.07, 6.45) is 10.0. The lowest BCUT2D eigenvalue weighted by Gasteiger charge is -2.41. The maximum Gasteiger partial charge on any atom is 0.306 e. The molecule has 7 heteroatoms. The predicted molar refractivity (Wildman–Crippen MR) is 142 cm³/mol. The van der Waals surface area contributed by atoms with Gasteiger partial charge in [-0.1, -0.05) is 57.2 Å². The standard InChI is InChI=1S/C28H44O6Si/c1-21(32-20-22-13-15-23(31-5)16-14-22)11-9-8-10-12-24-17-18-25(26(33-24)19-27(29)30)34-35(6,7)28(2,3)4/h10,12-18,21,24-26H,8-9,11,19-20H2,1-7H3,(H,29,30)/b12-10+/t21-,24-,25-,26-/m0/s1. The maximum absolute atomic E-state index is 11.4. The van der Waals surface area contributed by atoms with E-state index in [4.69, 9.17) is 18.6 Å². The van der Waals surface area contributed by atoms with Crippen molar-refractivity contribution in [2.75, 3.05) is 7.11 Å². The van der Waals surface area contributed by atoms with Crippen molar-refractivity contribution < 1.29 is 28.5 Å². The van der Waals surface area contributed by atoms with Crippen LogP contribution in [0.25, 0.3) is 0 Å². The van der Waals surface area contributed by atoms with Crippen LogP contribution in [-0.2, 0) is 25.3 Å². The zero-order chi connectivity index (χ0) is 26.1. The Morgan fingerprint density at radius 3 is 2.49 bits per heavy atom. The first-order valence-corrected chi connectivity index (χ1v) is 15.5. The number of rotatable bonds is 13. The maximum atomic E-state index is 11.4. The van der Waals surface area contributed by atoms with E-state index >= 15 is 0 Å². The van der Waals surface area contributed by atoms with Gasteiger partial charge in [-0.2, -0.15) is 0 Å². The average Bonchev–Trinajstić information content (AvgIpc) is 2.78. The van der Waals surface area contributed by atoms with Gasteiger partial charge in [0.25, 0.3) is 0 Å². The average molecular weight is 505 g/mol. The summed E-state index contributed by atoms with van der Waals surface area (Å²) in [5, 5.41) is 9.42. The summed E-state index contributed by atoms with van der Waals surface area (Å²) in [5.74, 6) is -0.0289. The molecule has 0 unspecified atom stereocenters. The Morgan fingerprint density at radius 2 is 1.89 bits per heavy atom. The van der Waals surface area contributed by atoms with Crippen molar-refractivity contribution in [2.24, 2.45) is 0 Å². The summed E-state index contributed by atoms with van der Waals surface area (Å²) < 4.78 is 23.7. The van der Waals surface area contributed by atoms with Crippen molar-refractivity contribution in [3.8, 4) is 5.75 Å². The molecule has 1 aliphatic heterocycles. The summed E-state index contributed by atoms with van der Waals surface area (Å²) >= 11 is 0. The summed E-state index contributed by atoms with van der Waals surface area (Å²) in [6, 6.07) is 7.92. The number of allylic oxidation sites excluding steroid dienone is 1. The number of unbranched alkanes of at least 4 members (excludes halogenated alkanes) is 1. The van der Waals surface area contributed by atoms with Crippen molar-refractivity contribution in [1.82, 2.24) is 0 Å². The van der Waals surface area contributed by atoms with Crippen LogP contribution >= 0.6 is 0 Å². The van der Waals surface area contributed by atoms with Crippen molar-refractivity contribution >= 4 is 14.3 Å². The zero-order valence-electron chi connectivity index (χ0n) is 22.5. The molecule has 0 aromatic heterocycles. The number of hydrogen-bond donors (Lipinski definition) is 1. The number of benzene rings is 1. The van der Waals surface area contributed by atoms with Crippen LogP contribution in [-0.4, -0.2) is 50.9 Å². The molecule has 0 spiro atoms. The third-order valence-electron chi connectivity index (χ3n) is 6.80. The van der Waals surface area contributed by atoms with Gasteiger partial charge in [-0.15, -0.1) is 0 Å². The van der Waals surface area contributed by atoms with E-state index in [9.17, 15) is 9.90 Å². The van der Waals surface area contributed by atoms with E-state index in [1.54, 1.807) is 7.11 Å². The number of methoxy groups -OCH3 is 1. The number of aliphatic carboxylic acids is 1. The Balaban J connectivity index is 1.79. The molecule has 6 nitrogen and oxygen atoms in total. The minimum Gasteiger partial charge on any atom is -0.497 e. The normalized spacial score (nSPS) is 21.9. The van der Waals surface area contributed by atoms with Gasteiger partial charge in [0.1, 0.15) is 5.75 Å². The SMILES string of the molecule is COc1ccc(CO[C@@H](C)CCC/C=C/[C@H]2C=C[C@H](O[Si](C)(C)C(C)(C)C)[C@H](CC(=O)O)O2)cc1. The Labute approximate surface area is 212 Å². The van der Waals surface area contributed by atoms with Crippen LogP contribution in [0.4, 0.5) is 0 Å². The molecular formula is C28H44O6Si. The summed E-state index contributed by atoms with van der Waals surface area (Å²) in [6.45, 7) is 13.6. The molecule has 4 atom stereocenters.